The number of phenolic OH excluding ortho intramolecular Hbond substituents is 1. The minimum atomic E-state index is 0.111. The maximum absolute atomic E-state index is 10.1. The van der Waals surface area contributed by atoms with E-state index in [1.165, 1.54) is 5.56 Å². The van der Waals surface area contributed by atoms with Crippen LogP contribution >= 0.6 is 0 Å². The van der Waals surface area contributed by atoms with E-state index >= 15 is 0 Å². The van der Waals surface area contributed by atoms with E-state index in [4.69, 9.17) is 4.74 Å². The zero-order valence-electron chi connectivity index (χ0n) is 13.1. The average molecular weight is 292 g/mol. The smallest absolute Gasteiger partial charge is 0.176 e. The molecular formula is C20H20O2. The molecule has 0 aliphatic heterocycles. The lowest BCUT2D eigenvalue weighted by Gasteiger charge is -2.19. The first-order chi connectivity index (χ1) is 10.4. The Kier molecular flexibility index (Phi) is 3.53. The van der Waals surface area contributed by atoms with Gasteiger partial charge in [-0.25, -0.2) is 0 Å². The number of hydrogen-bond acceptors (Lipinski definition) is 2. The lowest BCUT2D eigenvalue weighted by Crippen LogP contribution is -2.10. The highest BCUT2D eigenvalue weighted by molar-refractivity contribution is 5.90. The van der Waals surface area contributed by atoms with Gasteiger partial charge in [0.1, 0.15) is 5.75 Å². The molecule has 2 nitrogen and oxygen atoms in total. The van der Waals surface area contributed by atoms with Crippen molar-refractivity contribution in [2.24, 2.45) is 0 Å². The van der Waals surface area contributed by atoms with Crippen molar-refractivity contribution in [2.45, 2.75) is 26.2 Å². The van der Waals surface area contributed by atoms with Crippen molar-refractivity contribution in [3.63, 3.8) is 0 Å². The monoisotopic (exact) mass is 292 g/mol. The SMILES string of the molecule is CC(C)(C)c1ccc(Oc2c(O)ccc3ccccc23)cc1. The van der Waals surface area contributed by atoms with Crippen LogP contribution in [0.2, 0.25) is 0 Å². The van der Waals surface area contributed by atoms with Gasteiger partial charge in [-0.2, -0.15) is 0 Å². The minimum Gasteiger partial charge on any atom is -0.504 e. The molecule has 0 saturated heterocycles. The van der Waals surface area contributed by atoms with Crippen LogP contribution in [0.4, 0.5) is 0 Å². The molecular weight excluding hydrogens is 272 g/mol. The predicted molar refractivity (Wildman–Crippen MR) is 90.8 cm³/mol. The molecule has 3 aromatic carbocycles. The molecule has 3 rings (SSSR count). The van der Waals surface area contributed by atoms with Gasteiger partial charge in [-0.1, -0.05) is 63.2 Å². The Morgan fingerprint density at radius 1 is 0.818 bits per heavy atom. The summed E-state index contributed by atoms with van der Waals surface area (Å²) in [4.78, 5) is 0. The minimum absolute atomic E-state index is 0.111. The first-order valence-corrected chi connectivity index (χ1v) is 7.44. The zero-order chi connectivity index (χ0) is 15.7. The Balaban J connectivity index is 1.98. The van der Waals surface area contributed by atoms with Gasteiger partial charge in [0, 0.05) is 5.39 Å². The molecule has 0 saturated carbocycles. The zero-order valence-corrected chi connectivity index (χ0v) is 13.1. The summed E-state index contributed by atoms with van der Waals surface area (Å²) in [5, 5.41) is 12.1. The summed E-state index contributed by atoms with van der Waals surface area (Å²) in [6.07, 6.45) is 0. The maximum Gasteiger partial charge on any atom is 0.176 e. The number of fused-ring (bicyclic) bond motifs is 1. The normalized spacial score (nSPS) is 11.6. The Bertz CT molecular complexity index is 796. The van der Waals surface area contributed by atoms with Gasteiger partial charge in [-0.05, 0) is 34.6 Å². The fraction of sp³-hybridized carbons (Fsp3) is 0.200. The second kappa shape index (κ2) is 5.38. The Labute approximate surface area is 131 Å². The third-order valence-electron chi connectivity index (χ3n) is 3.80. The summed E-state index contributed by atoms with van der Waals surface area (Å²) in [6.45, 7) is 6.54. The summed E-state index contributed by atoms with van der Waals surface area (Å²) in [7, 11) is 0. The molecule has 0 spiro atoms. The van der Waals surface area contributed by atoms with Crippen molar-refractivity contribution in [3.8, 4) is 17.2 Å². The van der Waals surface area contributed by atoms with Gasteiger partial charge in [0.05, 0.1) is 0 Å². The summed E-state index contributed by atoms with van der Waals surface area (Å²) < 4.78 is 5.94. The van der Waals surface area contributed by atoms with E-state index < -0.39 is 0 Å². The molecule has 0 bridgehead atoms. The predicted octanol–water partition coefficient (Wildman–Crippen LogP) is 5.64. The number of phenols is 1. The highest BCUT2D eigenvalue weighted by Gasteiger charge is 2.14. The van der Waals surface area contributed by atoms with Crippen molar-refractivity contribution in [3.05, 3.63) is 66.2 Å². The van der Waals surface area contributed by atoms with E-state index in [-0.39, 0.29) is 11.2 Å². The molecule has 3 aromatic rings. The largest absolute Gasteiger partial charge is 0.504 e. The average Bonchev–Trinajstić information content (AvgIpc) is 2.50. The lowest BCUT2D eigenvalue weighted by molar-refractivity contribution is 0.415. The molecule has 2 heteroatoms. The van der Waals surface area contributed by atoms with Gasteiger partial charge < -0.3 is 9.84 Å². The summed E-state index contributed by atoms with van der Waals surface area (Å²) in [5.41, 5.74) is 1.36. The first kappa shape index (κ1) is 14.5. The second-order valence-electron chi connectivity index (χ2n) is 6.51. The second-order valence-corrected chi connectivity index (χ2v) is 6.51. The molecule has 0 unspecified atom stereocenters. The molecule has 0 aromatic heterocycles. The molecule has 0 atom stereocenters. The van der Waals surface area contributed by atoms with Crippen LogP contribution in [0.5, 0.6) is 17.2 Å². The van der Waals surface area contributed by atoms with Crippen LogP contribution in [0, 0.1) is 0 Å². The standard InChI is InChI=1S/C20H20O2/c1-20(2,3)15-9-11-16(12-10-15)22-19-17-7-5-4-6-14(17)8-13-18(19)21/h4-13,21H,1-3H3. The van der Waals surface area contributed by atoms with Gasteiger partial charge in [0.25, 0.3) is 0 Å². The molecule has 0 aliphatic rings. The van der Waals surface area contributed by atoms with Crippen molar-refractivity contribution < 1.29 is 9.84 Å². The van der Waals surface area contributed by atoms with E-state index in [9.17, 15) is 5.11 Å². The molecule has 0 aliphatic carbocycles. The first-order valence-electron chi connectivity index (χ1n) is 7.44. The third kappa shape index (κ3) is 2.77. The van der Waals surface area contributed by atoms with Gasteiger partial charge in [-0.3, -0.25) is 0 Å². The van der Waals surface area contributed by atoms with E-state index in [1.807, 2.05) is 42.5 Å². The molecule has 0 radical (unpaired) electrons. The molecule has 22 heavy (non-hydrogen) atoms. The van der Waals surface area contributed by atoms with Crippen molar-refractivity contribution in [1.82, 2.24) is 0 Å². The fourth-order valence-electron chi connectivity index (χ4n) is 2.48. The van der Waals surface area contributed by atoms with E-state index in [0.717, 1.165) is 16.5 Å². The molecule has 0 fully saturated rings. The molecule has 112 valence electrons. The van der Waals surface area contributed by atoms with Gasteiger partial charge >= 0.3 is 0 Å². The highest BCUT2D eigenvalue weighted by atomic mass is 16.5. The quantitative estimate of drug-likeness (QED) is 0.662. The van der Waals surface area contributed by atoms with Crippen LogP contribution in [0.15, 0.2) is 60.7 Å². The van der Waals surface area contributed by atoms with E-state index in [2.05, 4.69) is 32.9 Å². The Morgan fingerprint density at radius 2 is 1.50 bits per heavy atom. The summed E-state index contributed by atoms with van der Waals surface area (Å²) in [6, 6.07) is 19.5. The van der Waals surface area contributed by atoms with Crippen LogP contribution in [0.3, 0.4) is 0 Å². The number of rotatable bonds is 2. The summed E-state index contributed by atoms with van der Waals surface area (Å²) in [5.74, 6) is 1.37. The maximum atomic E-state index is 10.1. The highest BCUT2D eigenvalue weighted by Crippen LogP contribution is 2.38. The van der Waals surface area contributed by atoms with Crippen LogP contribution in [0.25, 0.3) is 10.8 Å². The van der Waals surface area contributed by atoms with Gasteiger partial charge in [0.2, 0.25) is 0 Å². The fourth-order valence-corrected chi connectivity index (χ4v) is 2.48. The lowest BCUT2D eigenvalue weighted by atomic mass is 9.87. The topological polar surface area (TPSA) is 29.5 Å². The molecule has 0 amide bonds. The van der Waals surface area contributed by atoms with Gasteiger partial charge in [-0.15, -0.1) is 0 Å². The molecule has 0 heterocycles. The van der Waals surface area contributed by atoms with Crippen LogP contribution in [0.1, 0.15) is 26.3 Å². The van der Waals surface area contributed by atoms with E-state index in [0.29, 0.717) is 5.75 Å². The van der Waals surface area contributed by atoms with Crippen molar-refractivity contribution in [1.29, 1.82) is 0 Å². The number of benzene rings is 3. The summed E-state index contributed by atoms with van der Waals surface area (Å²) >= 11 is 0. The van der Waals surface area contributed by atoms with E-state index in [1.54, 1.807) is 6.07 Å². The van der Waals surface area contributed by atoms with Crippen LogP contribution in [-0.2, 0) is 5.41 Å². The Morgan fingerprint density at radius 3 is 2.18 bits per heavy atom. The van der Waals surface area contributed by atoms with Crippen LogP contribution in [-0.4, -0.2) is 5.11 Å². The van der Waals surface area contributed by atoms with Crippen molar-refractivity contribution in [2.75, 3.05) is 0 Å². The van der Waals surface area contributed by atoms with Crippen molar-refractivity contribution >= 4 is 10.8 Å². The molecule has 1 N–H and O–H groups in total. The number of ether oxygens (including phenoxy) is 1. The van der Waals surface area contributed by atoms with Gasteiger partial charge in [0.15, 0.2) is 11.5 Å². The Hall–Kier alpha value is -2.48. The third-order valence-corrected chi connectivity index (χ3v) is 3.80. The number of aromatic hydroxyl groups is 1. The van der Waals surface area contributed by atoms with Crippen LogP contribution < -0.4 is 4.74 Å². The number of hydrogen-bond donors (Lipinski definition) is 1.